The van der Waals surface area contributed by atoms with Gasteiger partial charge in [-0.15, -0.1) is 0 Å². The van der Waals surface area contributed by atoms with Crippen LogP contribution in [0.5, 0.6) is 0 Å². The molecular formula is C21H21NO5. The first-order valence-corrected chi connectivity index (χ1v) is 9.05. The molecule has 1 aliphatic carbocycles. The molecule has 6 heteroatoms. The molecule has 0 unspecified atom stereocenters. The quantitative estimate of drug-likeness (QED) is 0.871. The molecule has 0 spiro atoms. The average Bonchev–Trinajstić information content (AvgIpc) is 3.00. The number of rotatable bonds is 3. The van der Waals surface area contributed by atoms with E-state index in [0.717, 1.165) is 11.1 Å². The summed E-state index contributed by atoms with van der Waals surface area (Å²) in [5.41, 5.74) is 2.87. The van der Waals surface area contributed by atoms with Crippen molar-refractivity contribution in [3.8, 4) is 11.1 Å². The maximum Gasteiger partial charge on any atom is 0.409 e. The molecule has 0 aromatic heterocycles. The minimum atomic E-state index is -1.75. The third-order valence-corrected chi connectivity index (χ3v) is 5.58. The summed E-state index contributed by atoms with van der Waals surface area (Å²) in [5, 5.41) is 19.1. The summed E-state index contributed by atoms with van der Waals surface area (Å²) in [5.74, 6) is -1.25. The number of piperidine rings is 1. The molecule has 0 radical (unpaired) electrons. The number of aliphatic carboxylic acids is 1. The van der Waals surface area contributed by atoms with Crippen LogP contribution in [0.3, 0.4) is 0 Å². The van der Waals surface area contributed by atoms with E-state index in [1.165, 1.54) is 16.0 Å². The molecule has 1 fully saturated rings. The monoisotopic (exact) mass is 367 g/mol. The SMILES string of the molecule is O=C(OCC1c2ccccc2-c2ccccc21)N1CCC(O)(C(=O)O)CC1. The van der Waals surface area contributed by atoms with Gasteiger partial charge in [-0.3, -0.25) is 0 Å². The fourth-order valence-corrected chi connectivity index (χ4v) is 3.96. The summed E-state index contributed by atoms with van der Waals surface area (Å²) < 4.78 is 5.57. The summed E-state index contributed by atoms with van der Waals surface area (Å²) in [7, 11) is 0. The van der Waals surface area contributed by atoms with Gasteiger partial charge in [-0.05, 0) is 22.3 Å². The molecule has 1 amide bonds. The van der Waals surface area contributed by atoms with Gasteiger partial charge in [0.1, 0.15) is 6.61 Å². The molecule has 2 aliphatic rings. The summed E-state index contributed by atoms with van der Waals surface area (Å²) >= 11 is 0. The molecule has 1 aliphatic heterocycles. The van der Waals surface area contributed by atoms with E-state index in [9.17, 15) is 14.7 Å². The molecule has 0 saturated carbocycles. The number of fused-ring (bicyclic) bond motifs is 3. The Kier molecular flexibility index (Phi) is 4.36. The largest absolute Gasteiger partial charge is 0.479 e. The van der Waals surface area contributed by atoms with Crippen LogP contribution in [0.1, 0.15) is 29.9 Å². The number of nitrogens with zero attached hydrogens (tertiary/aromatic N) is 1. The lowest BCUT2D eigenvalue weighted by Gasteiger charge is -2.34. The van der Waals surface area contributed by atoms with Crippen molar-refractivity contribution in [2.45, 2.75) is 24.4 Å². The van der Waals surface area contributed by atoms with Crippen molar-refractivity contribution in [2.75, 3.05) is 19.7 Å². The zero-order chi connectivity index (χ0) is 19.0. The number of amides is 1. The van der Waals surface area contributed by atoms with Crippen LogP contribution >= 0.6 is 0 Å². The highest BCUT2D eigenvalue weighted by Gasteiger charge is 2.41. The topological polar surface area (TPSA) is 87.1 Å². The maximum absolute atomic E-state index is 12.4. The van der Waals surface area contributed by atoms with Gasteiger partial charge in [0.05, 0.1) is 0 Å². The van der Waals surface area contributed by atoms with E-state index in [4.69, 9.17) is 9.84 Å². The number of carbonyl (C=O) groups is 2. The first kappa shape index (κ1) is 17.5. The predicted octanol–water partition coefficient (Wildman–Crippen LogP) is 2.85. The van der Waals surface area contributed by atoms with Gasteiger partial charge in [0.2, 0.25) is 0 Å². The second kappa shape index (κ2) is 6.70. The molecule has 2 N–H and O–H groups in total. The molecule has 1 saturated heterocycles. The molecule has 4 rings (SSSR count). The van der Waals surface area contributed by atoms with Crippen molar-refractivity contribution in [1.29, 1.82) is 0 Å². The summed E-state index contributed by atoms with van der Waals surface area (Å²) in [4.78, 5) is 25.0. The van der Waals surface area contributed by atoms with Gasteiger partial charge in [-0.25, -0.2) is 9.59 Å². The number of carboxylic acids is 1. The van der Waals surface area contributed by atoms with Gasteiger partial charge in [-0.1, -0.05) is 48.5 Å². The molecule has 2 aromatic carbocycles. The lowest BCUT2D eigenvalue weighted by molar-refractivity contribution is -0.163. The van der Waals surface area contributed by atoms with Crippen molar-refractivity contribution in [1.82, 2.24) is 4.90 Å². The van der Waals surface area contributed by atoms with Gasteiger partial charge >= 0.3 is 12.1 Å². The van der Waals surface area contributed by atoms with Gasteiger partial charge in [0, 0.05) is 31.8 Å². The lowest BCUT2D eigenvalue weighted by atomic mass is 9.92. The van der Waals surface area contributed by atoms with Crippen LogP contribution in [-0.4, -0.2) is 52.5 Å². The number of ether oxygens (including phenoxy) is 1. The number of aliphatic hydroxyl groups is 1. The van der Waals surface area contributed by atoms with Crippen molar-refractivity contribution >= 4 is 12.1 Å². The second-order valence-corrected chi connectivity index (χ2v) is 7.13. The van der Waals surface area contributed by atoms with Gasteiger partial charge in [0.25, 0.3) is 0 Å². The smallest absolute Gasteiger partial charge is 0.409 e. The Morgan fingerprint density at radius 3 is 2.04 bits per heavy atom. The highest BCUT2D eigenvalue weighted by atomic mass is 16.6. The molecule has 27 heavy (non-hydrogen) atoms. The molecule has 6 nitrogen and oxygen atoms in total. The van der Waals surface area contributed by atoms with E-state index in [0.29, 0.717) is 0 Å². The van der Waals surface area contributed by atoms with E-state index >= 15 is 0 Å². The summed E-state index contributed by atoms with van der Waals surface area (Å²) in [6, 6.07) is 16.2. The zero-order valence-corrected chi connectivity index (χ0v) is 14.8. The van der Waals surface area contributed by atoms with Crippen molar-refractivity contribution < 1.29 is 24.5 Å². The van der Waals surface area contributed by atoms with E-state index < -0.39 is 17.7 Å². The maximum atomic E-state index is 12.4. The molecule has 140 valence electrons. The van der Waals surface area contributed by atoms with E-state index in [2.05, 4.69) is 24.3 Å². The van der Waals surface area contributed by atoms with Crippen LogP contribution in [0.4, 0.5) is 4.79 Å². The molecule has 1 heterocycles. The Labute approximate surface area is 157 Å². The van der Waals surface area contributed by atoms with E-state index in [1.807, 2.05) is 24.3 Å². The van der Waals surface area contributed by atoms with Crippen molar-refractivity contribution in [3.05, 3.63) is 59.7 Å². The van der Waals surface area contributed by atoms with Gasteiger partial charge < -0.3 is 19.8 Å². The van der Waals surface area contributed by atoms with Crippen LogP contribution in [0, 0.1) is 0 Å². The number of likely N-dealkylation sites (tertiary alicyclic amines) is 1. The van der Waals surface area contributed by atoms with Crippen LogP contribution in [0.15, 0.2) is 48.5 Å². The molecule has 2 aromatic rings. The minimum absolute atomic E-state index is 0.00648. The number of benzene rings is 2. The van der Waals surface area contributed by atoms with Crippen LogP contribution in [0.2, 0.25) is 0 Å². The number of carbonyl (C=O) groups excluding carboxylic acids is 1. The average molecular weight is 367 g/mol. The Morgan fingerprint density at radius 2 is 1.52 bits per heavy atom. The first-order valence-electron chi connectivity index (χ1n) is 9.05. The van der Waals surface area contributed by atoms with Crippen LogP contribution < -0.4 is 0 Å². The second-order valence-electron chi connectivity index (χ2n) is 7.13. The minimum Gasteiger partial charge on any atom is -0.479 e. The fourth-order valence-electron chi connectivity index (χ4n) is 3.96. The van der Waals surface area contributed by atoms with Gasteiger partial charge in [-0.2, -0.15) is 0 Å². The van der Waals surface area contributed by atoms with Gasteiger partial charge in [0.15, 0.2) is 5.60 Å². The lowest BCUT2D eigenvalue weighted by Crippen LogP contribution is -2.51. The summed E-state index contributed by atoms with van der Waals surface area (Å²) in [6.45, 7) is 0.561. The fraction of sp³-hybridized carbons (Fsp3) is 0.333. The highest BCUT2D eigenvalue weighted by molar-refractivity contribution is 5.79. The Balaban J connectivity index is 1.44. The third kappa shape index (κ3) is 3.06. The van der Waals surface area contributed by atoms with Crippen molar-refractivity contribution in [2.24, 2.45) is 0 Å². The third-order valence-electron chi connectivity index (χ3n) is 5.58. The zero-order valence-electron chi connectivity index (χ0n) is 14.8. The van der Waals surface area contributed by atoms with Crippen molar-refractivity contribution in [3.63, 3.8) is 0 Å². The summed E-state index contributed by atoms with van der Waals surface area (Å²) in [6.07, 6.45) is -0.455. The molecule has 0 atom stereocenters. The van der Waals surface area contributed by atoms with Crippen LogP contribution in [0.25, 0.3) is 11.1 Å². The molecule has 0 bridgehead atoms. The number of carboxylic acid groups (broad SMARTS) is 1. The normalized spacial score (nSPS) is 17.9. The van der Waals surface area contributed by atoms with E-state index in [-0.39, 0.29) is 38.5 Å². The predicted molar refractivity (Wildman–Crippen MR) is 98.5 cm³/mol. The Hall–Kier alpha value is -2.86. The number of hydrogen-bond donors (Lipinski definition) is 2. The highest BCUT2D eigenvalue weighted by Crippen LogP contribution is 2.44. The van der Waals surface area contributed by atoms with Crippen LogP contribution in [-0.2, 0) is 9.53 Å². The molecular weight excluding hydrogens is 346 g/mol. The Morgan fingerprint density at radius 1 is 1.00 bits per heavy atom. The standard InChI is InChI=1S/C21H21NO5/c23-19(24)21(26)9-11-22(12-10-21)20(25)27-13-18-16-7-3-1-5-14(16)15-6-2-4-8-17(15)18/h1-8,18,26H,9-13H2,(H,23,24). The Bertz CT molecular complexity index is 840. The first-order chi connectivity index (χ1) is 13.0. The number of hydrogen-bond acceptors (Lipinski definition) is 4. The van der Waals surface area contributed by atoms with E-state index in [1.54, 1.807) is 0 Å².